The van der Waals surface area contributed by atoms with Gasteiger partial charge in [-0.25, -0.2) is 8.42 Å². The molecule has 2 aromatic rings. The number of hydrogen-bond acceptors (Lipinski definition) is 2. The highest BCUT2D eigenvalue weighted by Gasteiger charge is 2.19. The van der Waals surface area contributed by atoms with Gasteiger partial charge in [0.25, 0.3) is 0 Å². The Bertz CT molecular complexity index is 879. The van der Waals surface area contributed by atoms with Crippen LogP contribution in [-0.2, 0) is 9.84 Å². The van der Waals surface area contributed by atoms with Crippen LogP contribution in [0.3, 0.4) is 0 Å². The minimum atomic E-state index is -3.47. The molecule has 0 heterocycles. The Morgan fingerprint density at radius 3 is 2.16 bits per heavy atom. The van der Waals surface area contributed by atoms with Gasteiger partial charge in [-0.1, -0.05) is 61.2 Å². The molecular weight excluding hydrogens is 328 g/mol. The highest BCUT2D eigenvalue weighted by atomic mass is 32.2. The van der Waals surface area contributed by atoms with Gasteiger partial charge in [0.1, 0.15) is 0 Å². The van der Waals surface area contributed by atoms with Gasteiger partial charge < -0.3 is 0 Å². The first kappa shape index (κ1) is 18.8. The van der Waals surface area contributed by atoms with Crippen molar-refractivity contribution in [3.8, 4) is 11.8 Å². The molecule has 0 bridgehead atoms. The first-order valence-corrected chi connectivity index (χ1v) is 9.86. The molecule has 25 heavy (non-hydrogen) atoms. The fourth-order valence-corrected chi connectivity index (χ4v) is 3.82. The summed E-state index contributed by atoms with van der Waals surface area (Å²) in [6.07, 6.45) is 3.95. The summed E-state index contributed by atoms with van der Waals surface area (Å²) in [6, 6.07) is 18.3. The van der Waals surface area contributed by atoms with E-state index in [4.69, 9.17) is 0 Å². The van der Waals surface area contributed by atoms with Gasteiger partial charge in [-0.3, -0.25) is 0 Å². The number of benzene rings is 2. The third-order valence-corrected chi connectivity index (χ3v) is 5.68. The zero-order valence-corrected chi connectivity index (χ0v) is 15.1. The molecule has 0 aromatic heterocycles. The summed E-state index contributed by atoms with van der Waals surface area (Å²) in [6.45, 7) is 3.55. The van der Waals surface area contributed by atoms with Gasteiger partial charge in [0.15, 0.2) is 0 Å². The fourth-order valence-electron chi connectivity index (χ4n) is 2.42. The highest BCUT2D eigenvalue weighted by molar-refractivity contribution is 7.95. The van der Waals surface area contributed by atoms with Crippen molar-refractivity contribution in [1.29, 1.82) is 0 Å². The van der Waals surface area contributed by atoms with Gasteiger partial charge in [-0.15, -0.1) is 5.73 Å². The monoisotopic (exact) mass is 350 g/mol. The summed E-state index contributed by atoms with van der Waals surface area (Å²) in [4.78, 5) is 0.573. The van der Waals surface area contributed by atoms with Gasteiger partial charge in [0.2, 0.25) is 9.84 Å². The summed E-state index contributed by atoms with van der Waals surface area (Å²) >= 11 is 0. The summed E-state index contributed by atoms with van der Waals surface area (Å²) in [5.41, 5.74) is 3.64. The van der Waals surface area contributed by atoms with Crippen LogP contribution in [0.4, 0.5) is 0 Å². The van der Waals surface area contributed by atoms with Crippen molar-refractivity contribution >= 4 is 9.84 Å². The molecule has 2 nitrogen and oxygen atoms in total. The molecule has 0 spiro atoms. The van der Waals surface area contributed by atoms with E-state index in [0.717, 1.165) is 31.2 Å². The molecule has 0 N–H and O–H groups in total. The average Bonchev–Trinajstić information content (AvgIpc) is 2.65. The van der Waals surface area contributed by atoms with E-state index >= 15 is 0 Å². The SMILES string of the molecule is C=C=C(CCCCCC#Cc1ccccc1)S(=O)(=O)c1ccccc1. The van der Waals surface area contributed by atoms with Crippen LogP contribution in [0.25, 0.3) is 0 Å². The van der Waals surface area contributed by atoms with Crippen molar-refractivity contribution in [3.63, 3.8) is 0 Å². The standard InChI is InChI=1S/C22H22O2S/c1-2-21(25(23,24)22-18-12-7-13-19-22)17-11-5-3-4-8-14-20-15-9-6-10-16-20/h6-7,9-10,12-13,15-16,18-19H,1,3-5,11,17H2. The zero-order valence-electron chi connectivity index (χ0n) is 14.2. The van der Waals surface area contributed by atoms with E-state index in [-0.39, 0.29) is 4.91 Å². The Hall–Kier alpha value is -2.53. The Balaban J connectivity index is 1.79. The minimum absolute atomic E-state index is 0.272. The lowest BCUT2D eigenvalue weighted by atomic mass is 10.1. The molecule has 0 radical (unpaired) electrons. The lowest BCUT2D eigenvalue weighted by molar-refractivity contribution is 0.597. The summed E-state index contributed by atoms with van der Waals surface area (Å²) in [5, 5.41) is 0. The predicted octanol–water partition coefficient (Wildman–Crippen LogP) is 5.13. The van der Waals surface area contributed by atoms with E-state index in [1.165, 1.54) is 0 Å². The largest absolute Gasteiger partial charge is 0.218 e. The lowest BCUT2D eigenvalue weighted by Crippen LogP contribution is -2.04. The molecule has 3 heteroatoms. The second kappa shape index (κ2) is 9.69. The van der Waals surface area contributed by atoms with E-state index in [1.54, 1.807) is 30.3 Å². The number of sulfone groups is 1. The summed E-state index contributed by atoms with van der Waals surface area (Å²) in [5.74, 6) is 6.28. The van der Waals surface area contributed by atoms with Crippen molar-refractivity contribution in [2.75, 3.05) is 0 Å². The zero-order chi connectivity index (χ0) is 18.0. The molecule has 128 valence electrons. The molecule has 2 aromatic carbocycles. The molecular formula is C22H22O2S. The Labute approximate surface area is 150 Å². The van der Waals surface area contributed by atoms with E-state index in [9.17, 15) is 8.42 Å². The van der Waals surface area contributed by atoms with Crippen molar-refractivity contribution in [3.05, 3.63) is 83.4 Å². The van der Waals surface area contributed by atoms with E-state index in [2.05, 4.69) is 24.2 Å². The van der Waals surface area contributed by atoms with Crippen LogP contribution < -0.4 is 0 Å². The Morgan fingerprint density at radius 2 is 1.52 bits per heavy atom. The molecule has 0 unspecified atom stereocenters. The smallest absolute Gasteiger partial charge is 0.209 e. The first-order valence-electron chi connectivity index (χ1n) is 8.37. The van der Waals surface area contributed by atoms with E-state index < -0.39 is 9.84 Å². The Morgan fingerprint density at radius 1 is 0.880 bits per heavy atom. The molecule has 2 rings (SSSR count). The van der Waals surface area contributed by atoms with Crippen LogP contribution in [0.15, 0.2) is 82.8 Å². The molecule has 0 saturated carbocycles. The molecule has 0 aliphatic heterocycles. The van der Waals surface area contributed by atoms with Gasteiger partial charge in [-0.05, 0) is 43.5 Å². The van der Waals surface area contributed by atoms with Gasteiger partial charge in [0.05, 0.1) is 9.80 Å². The van der Waals surface area contributed by atoms with Gasteiger partial charge >= 0.3 is 0 Å². The number of unbranched alkanes of at least 4 members (excludes halogenated alkanes) is 3. The lowest BCUT2D eigenvalue weighted by Gasteiger charge is -2.06. The van der Waals surface area contributed by atoms with Crippen LogP contribution in [0.1, 0.15) is 37.7 Å². The predicted molar refractivity (Wildman–Crippen MR) is 103 cm³/mol. The minimum Gasteiger partial charge on any atom is -0.218 e. The Kier molecular flexibility index (Phi) is 7.29. The molecule has 0 aliphatic carbocycles. The fraction of sp³-hybridized carbons (Fsp3) is 0.227. The van der Waals surface area contributed by atoms with Crippen LogP contribution >= 0.6 is 0 Å². The molecule has 0 fully saturated rings. The van der Waals surface area contributed by atoms with Crippen LogP contribution in [-0.4, -0.2) is 8.42 Å². The normalized spacial score (nSPS) is 10.4. The van der Waals surface area contributed by atoms with Gasteiger partial charge in [0, 0.05) is 12.0 Å². The van der Waals surface area contributed by atoms with E-state index in [1.807, 2.05) is 30.3 Å². The highest BCUT2D eigenvalue weighted by Crippen LogP contribution is 2.22. The maximum absolute atomic E-state index is 12.5. The third kappa shape index (κ3) is 5.80. The maximum atomic E-state index is 12.5. The second-order valence-corrected chi connectivity index (χ2v) is 7.62. The molecule has 0 amide bonds. The van der Waals surface area contributed by atoms with Crippen LogP contribution in [0.2, 0.25) is 0 Å². The van der Waals surface area contributed by atoms with Gasteiger partial charge in [-0.2, -0.15) is 0 Å². The van der Waals surface area contributed by atoms with Crippen molar-refractivity contribution < 1.29 is 8.42 Å². The van der Waals surface area contributed by atoms with Crippen LogP contribution in [0, 0.1) is 11.8 Å². The maximum Gasteiger partial charge on any atom is 0.209 e. The molecule has 0 aliphatic rings. The van der Waals surface area contributed by atoms with Crippen molar-refractivity contribution in [2.24, 2.45) is 0 Å². The first-order chi connectivity index (χ1) is 12.1. The topological polar surface area (TPSA) is 34.1 Å². The third-order valence-electron chi connectivity index (χ3n) is 3.79. The quantitative estimate of drug-likeness (QED) is 0.394. The second-order valence-electron chi connectivity index (χ2n) is 5.64. The summed E-state index contributed by atoms with van der Waals surface area (Å²) in [7, 11) is -3.47. The van der Waals surface area contributed by atoms with E-state index in [0.29, 0.717) is 11.3 Å². The summed E-state index contributed by atoms with van der Waals surface area (Å²) < 4.78 is 25.0. The molecule has 0 atom stereocenters. The number of hydrogen-bond donors (Lipinski definition) is 0. The van der Waals surface area contributed by atoms with Crippen molar-refractivity contribution in [2.45, 2.75) is 37.0 Å². The van der Waals surface area contributed by atoms with Crippen molar-refractivity contribution in [1.82, 2.24) is 0 Å². The number of rotatable bonds is 7. The average molecular weight is 350 g/mol. The number of allylic oxidation sites excluding steroid dienone is 1. The molecule has 0 saturated heterocycles. The van der Waals surface area contributed by atoms with Crippen LogP contribution in [0.5, 0.6) is 0 Å².